The summed E-state index contributed by atoms with van der Waals surface area (Å²) in [7, 11) is 0. The number of esters is 1. The van der Waals surface area contributed by atoms with Gasteiger partial charge in [-0.1, -0.05) is 34.8 Å². The van der Waals surface area contributed by atoms with Crippen LogP contribution in [-0.4, -0.2) is 24.7 Å². The van der Waals surface area contributed by atoms with Crippen LogP contribution in [0.25, 0.3) is 0 Å². The predicted molar refractivity (Wildman–Crippen MR) is 126 cm³/mol. The molecule has 0 aromatic heterocycles. The van der Waals surface area contributed by atoms with Crippen molar-refractivity contribution in [3.8, 4) is 11.5 Å². The van der Waals surface area contributed by atoms with Crippen molar-refractivity contribution < 1.29 is 19.1 Å². The van der Waals surface area contributed by atoms with Crippen molar-refractivity contribution in [3.05, 3.63) is 92.4 Å². The Morgan fingerprint density at radius 1 is 0.938 bits per heavy atom. The number of amides is 1. The second-order valence-corrected chi connectivity index (χ2v) is 7.64. The molecule has 0 spiro atoms. The number of nitrogens with one attached hydrogen (secondary N) is 1. The summed E-state index contributed by atoms with van der Waals surface area (Å²) in [5.74, 6) is -0.485. The van der Waals surface area contributed by atoms with E-state index < -0.39 is 5.97 Å². The Balaban J connectivity index is 1.72. The van der Waals surface area contributed by atoms with Gasteiger partial charge in [-0.2, -0.15) is 5.10 Å². The van der Waals surface area contributed by atoms with E-state index in [1.54, 1.807) is 55.5 Å². The maximum absolute atomic E-state index is 12.5. The molecule has 3 aromatic rings. The lowest BCUT2D eigenvalue weighted by atomic mass is 10.2. The molecule has 1 amide bonds. The molecule has 32 heavy (non-hydrogen) atoms. The highest BCUT2D eigenvalue weighted by Gasteiger charge is 2.16. The molecule has 0 unspecified atom stereocenters. The Morgan fingerprint density at radius 3 is 2.34 bits per heavy atom. The van der Waals surface area contributed by atoms with Crippen molar-refractivity contribution in [1.82, 2.24) is 5.43 Å². The van der Waals surface area contributed by atoms with E-state index in [4.69, 9.17) is 44.3 Å². The summed E-state index contributed by atoms with van der Waals surface area (Å²) in [5.41, 5.74) is 3.65. The van der Waals surface area contributed by atoms with E-state index in [1.807, 2.05) is 0 Å². The molecule has 0 saturated carbocycles. The molecule has 0 radical (unpaired) electrons. The second kappa shape index (κ2) is 11.0. The second-order valence-electron chi connectivity index (χ2n) is 6.36. The monoisotopic (exact) mass is 490 g/mol. The highest BCUT2D eigenvalue weighted by Crippen LogP contribution is 2.30. The fourth-order valence-corrected chi connectivity index (χ4v) is 3.21. The van der Waals surface area contributed by atoms with Crippen molar-refractivity contribution in [2.24, 2.45) is 5.10 Å². The number of rotatable bonds is 7. The number of carbonyl (C=O) groups excluding carboxylic acids is 2. The number of hydrazone groups is 1. The van der Waals surface area contributed by atoms with Crippen LogP contribution in [0.5, 0.6) is 11.5 Å². The molecule has 6 nitrogen and oxygen atoms in total. The van der Waals surface area contributed by atoms with Gasteiger partial charge in [0, 0.05) is 15.6 Å². The Labute approximate surface area is 199 Å². The van der Waals surface area contributed by atoms with Crippen LogP contribution >= 0.6 is 34.8 Å². The van der Waals surface area contributed by atoms with Gasteiger partial charge in [-0.15, -0.1) is 0 Å². The van der Waals surface area contributed by atoms with Gasteiger partial charge in [0.15, 0.2) is 11.5 Å². The molecule has 0 aliphatic carbocycles. The molecule has 0 bridgehead atoms. The first kappa shape index (κ1) is 23.6. The van der Waals surface area contributed by atoms with Crippen molar-refractivity contribution in [2.75, 3.05) is 6.61 Å². The largest absolute Gasteiger partial charge is 0.490 e. The van der Waals surface area contributed by atoms with Crippen LogP contribution in [0.4, 0.5) is 0 Å². The predicted octanol–water partition coefficient (Wildman–Crippen LogP) is 6.03. The number of hydrogen-bond donors (Lipinski definition) is 1. The molecule has 0 fully saturated rings. The van der Waals surface area contributed by atoms with E-state index in [-0.39, 0.29) is 22.2 Å². The van der Waals surface area contributed by atoms with E-state index in [0.717, 1.165) is 0 Å². The summed E-state index contributed by atoms with van der Waals surface area (Å²) in [6, 6.07) is 15.8. The minimum Gasteiger partial charge on any atom is -0.490 e. The van der Waals surface area contributed by atoms with Gasteiger partial charge >= 0.3 is 5.97 Å². The van der Waals surface area contributed by atoms with Crippen LogP contribution in [0.2, 0.25) is 15.1 Å². The normalized spacial score (nSPS) is 10.8. The molecule has 0 saturated heterocycles. The van der Waals surface area contributed by atoms with Gasteiger partial charge < -0.3 is 9.47 Å². The van der Waals surface area contributed by atoms with Crippen LogP contribution in [0.3, 0.4) is 0 Å². The number of hydrogen-bond acceptors (Lipinski definition) is 5. The lowest BCUT2D eigenvalue weighted by molar-refractivity contribution is 0.0728. The molecule has 164 valence electrons. The van der Waals surface area contributed by atoms with Crippen LogP contribution in [0.1, 0.15) is 33.2 Å². The smallest absolute Gasteiger partial charge is 0.345 e. The molecule has 3 aromatic carbocycles. The minimum atomic E-state index is -0.649. The maximum Gasteiger partial charge on any atom is 0.345 e. The summed E-state index contributed by atoms with van der Waals surface area (Å²) < 4.78 is 11.0. The van der Waals surface area contributed by atoms with E-state index in [9.17, 15) is 9.59 Å². The fourth-order valence-electron chi connectivity index (χ4n) is 2.60. The van der Waals surface area contributed by atoms with Crippen LogP contribution in [0, 0.1) is 0 Å². The average Bonchev–Trinajstić information content (AvgIpc) is 2.76. The lowest BCUT2D eigenvalue weighted by Gasteiger charge is -2.12. The maximum atomic E-state index is 12.5. The van der Waals surface area contributed by atoms with Gasteiger partial charge in [-0.3, -0.25) is 4.79 Å². The fraction of sp³-hybridized carbons (Fsp3) is 0.0870. The van der Waals surface area contributed by atoms with Gasteiger partial charge in [0.05, 0.1) is 23.4 Å². The third kappa shape index (κ3) is 6.23. The van der Waals surface area contributed by atoms with Crippen molar-refractivity contribution in [3.63, 3.8) is 0 Å². The standard InChI is InChI=1S/C23H17Cl3N2O4/c1-2-31-21-11-14(13-27-28-22(29)15-4-6-16(24)7-5-15)3-10-20(21)32-23(30)18-9-8-17(25)12-19(18)26/h3-13H,2H2,1H3,(H,28,29). The molecule has 1 N–H and O–H groups in total. The summed E-state index contributed by atoms with van der Waals surface area (Å²) >= 11 is 17.8. The molecule has 3 rings (SSSR count). The Bertz CT molecular complexity index is 1160. The molecular weight excluding hydrogens is 475 g/mol. The van der Waals surface area contributed by atoms with Crippen molar-refractivity contribution >= 4 is 52.9 Å². The van der Waals surface area contributed by atoms with Gasteiger partial charge in [-0.05, 0) is 73.2 Å². The number of carbonyl (C=O) groups is 2. The van der Waals surface area contributed by atoms with Crippen molar-refractivity contribution in [1.29, 1.82) is 0 Å². The molecule has 9 heteroatoms. The van der Waals surface area contributed by atoms with Gasteiger partial charge in [0.25, 0.3) is 5.91 Å². The SMILES string of the molecule is CCOc1cc(C=NNC(=O)c2ccc(Cl)cc2)ccc1OC(=O)c1ccc(Cl)cc1Cl. The Morgan fingerprint density at radius 2 is 1.66 bits per heavy atom. The summed E-state index contributed by atoms with van der Waals surface area (Å²) in [6.45, 7) is 2.15. The number of benzene rings is 3. The minimum absolute atomic E-state index is 0.175. The van der Waals surface area contributed by atoms with E-state index >= 15 is 0 Å². The molecule has 0 aliphatic heterocycles. The first-order valence-electron chi connectivity index (χ1n) is 9.40. The third-order valence-corrected chi connectivity index (χ3v) is 4.91. The zero-order chi connectivity index (χ0) is 23.1. The number of halogens is 3. The average molecular weight is 492 g/mol. The van der Waals surface area contributed by atoms with Gasteiger partial charge in [0.2, 0.25) is 0 Å². The first-order chi connectivity index (χ1) is 15.4. The molecule has 0 aliphatic rings. The van der Waals surface area contributed by atoms with E-state index in [1.165, 1.54) is 18.3 Å². The number of nitrogens with zero attached hydrogens (tertiary/aromatic N) is 1. The number of ether oxygens (including phenoxy) is 2. The molecular formula is C23H17Cl3N2O4. The molecule has 0 atom stereocenters. The van der Waals surface area contributed by atoms with Crippen molar-refractivity contribution in [2.45, 2.75) is 6.92 Å². The van der Waals surface area contributed by atoms with E-state index in [2.05, 4.69) is 10.5 Å². The quantitative estimate of drug-likeness (QED) is 0.189. The Kier molecular flexibility index (Phi) is 8.11. The zero-order valence-corrected chi connectivity index (χ0v) is 19.0. The first-order valence-corrected chi connectivity index (χ1v) is 10.5. The zero-order valence-electron chi connectivity index (χ0n) is 16.8. The topological polar surface area (TPSA) is 77.0 Å². The van der Waals surface area contributed by atoms with Crippen LogP contribution in [0.15, 0.2) is 65.8 Å². The van der Waals surface area contributed by atoms with Gasteiger partial charge in [-0.25, -0.2) is 10.2 Å². The van der Waals surface area contributed by atoms with Gasteiger partial charge in [0.1, 0.15) is 0 Å². The summed E-state index contributed by atoms with van der Waals surface area (Å²) in [6.07, 6.45) is 1.44. The summed E-state index contributed by atoms with van der Waals surface area (Å²) in [4.78, 5) is 24.6. The Hall–Kier alpha value is -3.06. The lowest BCUT2D eigenvalue weighted by Crippen LogP contribution is -2.17. The highest BCUT2D eigenvalue weighted by atomic mass is 35.5. The third-order valence-electron chi connectivity index (χ3n) is 4.11. The van der Waals surface area contributed by atoms with E-state index in [0.29, 0.717) is 33.5 Å². The molecule has 0 heterocycles. The van der Waals surface area contributed by atoms with Crippen LogP contribution in [-0.2, 0) is 0 Å². The summed E-state index contributed by atoms with van der Waals surface area (Å²) in [5, 5.41) is 5.08. The highest BCUT2D eigenvalue weighted by molar-refractivity contribution is 6.36. The van der Waals surface area contributed by atoms with Crippen LogP contribution < -0.4 is 14.9 Å².